The second kappa shape index (κ2) is 8.80. The minimum atomic E-state index is -1.05. The van der Waals surface area contributed by atoms with Crippen LogP contribution in [0.1, 0.15) is 48.5 Å². The molecule has 0 unspecified atom stereocenters. The molecular formula is C23H23ClFN5O2. The lowest BCUT2D eigenvalue weighted by Gasteiger charge is -2.19. The summed E-state index contributed by atoms with van der Waals surface area (Å²) in [4.78, 5) is 25.7. The number of anilines is 2. The van der Waals surface area contributed by atoms with Crippen molar-refractivity contribution in [2.45, 2.75) is 38.2 Å². The highest BCUT2D eigenvalue weighted by Crippen LogP contribution is 2.43. The number of pyridine rings is 1. The Bertz CT molecular complexity index is 1160. The van der Waals surface area contributed by atoms with Crippen molar-refractivity contribution in [3.05, 3.63) is 64.8 Å². The van der Waals surface area contributed by atoms with Gasteiger partial charge in [-0.1, -0.05) is 11.6 Å². The van der Waals surface area contributed by atoms with Crippen LogP contribution in [0.3, 0.4) is 0 Å². The summed E-state index contributed by atoms with van der Waals surface area (Å²) >= 11 is 6.04. The molecule has 0 saturated heterocycles. The van der Waals surface area contributed by atoms with E-state index in [2.05, 4.69) is 25.6 Å². The topological polar surface area (TPSA) is 100 Å². The van der Waals surface area contributed by atoms with E-state index in [9.17, 15) is 14.3 Å². The Morgan fingerprint density at radius 2 is 2.06 bits per heavy atom. The number of nitrogens with one attached hydrogen (secondary N) is 2. The molecule has 32 heavy (non-hydrogen) atoms. The van der Waals surface area contributed by atoms with Gasteiger partial charge in [0.25, 0.3) is 5.91 Å². The van der Waals surface area contributed by atoms with E-state index in [0.717, 1.165) is 18.4 Å². The molecule has 1 saturated carbocycles. The second-order valence-corrected chi connectivity index (χ2v) is 8.87. The largest absolute Gasteiger partial charge is 0.389 e. The van der Waals surface area contributed by atoms with E-state index >= 15 is 0 Å². The van der Waals surface area contributed by atoms with Crippen LogP contribution in [-0.2, 0) is 0 Å². The Morgan fingerprint density at radius 1 is 1.28 bits per heavy atom. The van der Waals surface area contributed by atoms with Gasteiger partial charge in [-0.15, -0.1) is 0 Å². The zero-order valence-electron chi connectivity index (χ0n) is 17.7. The molecule has 1 aliphatic rings. The van der Waals surface area contributed by atoms with Crippen molar-refractivity contribution in [1.29, 1.82) is 0 Å². The highest BCUT2D eigenvalue weighted by atomic mass is 35.5. The number of hydrogen-bond acceptors (Lipinski definition) is 6. The molecule has 1 aromatic carbocycles. The molecule has 0 aliphatic heterocycles. The van der Waals surface area contributed by atoms with E-state index in [4.69, 9.17) is 11.6 Å². The molecule has 3 N–H and O–H groups in total. The predicted octanol–water partition coefficient (Wildman–Crippen LogP) is 4.45. The lowest BCUT2D eigenvalue weighted by molar-refractivity contribution is 0.0694. The van der Waals surface area contributed by atoms with Gasteiger partial charge in [0.15, 0.2) is 5.82 Å². The molecule has 4 rings (SSSR count). The summed E-state index contributed by atoms with van der Waals surface area (Å²) in [6, 6.07) is 5.89. The summed E-state index contributed by atoms with van der Waals surface area (Å²) in [7, 11) is 0. The van der Waals surface area contributed by atoms with Gasteiger partial charge in [-0.25, -0.2) is 14.4 Å². The van der Waals surface area contributed by atoms with Gasteiger partial charge in [0, 0.05) is 35.7 Å². The van der Waals surface area contributed by atoms with Gasteiger partial charge in [-0.2, -0.15) is 0 Å². The summed E-state index contributed by atoms with van der Waals surface area (Å²) in [6.45, 7) is 3.29. The van der Waals surface area contributed by atoms with Crippen molar-refractivity contribution < 1.29 is 14.3 Å². The van der Waals surface area contributed by atoms with E-state index in [1.54, 1.807) is 32.3 Å². The Labute approximate surface area is 190 Å². The normalized spacial score (nSPS) is 13.7. The second-order valence-electron chi connectivity index (χ2n) is 8.44. The fraction of sp³-hybridized carbons (Fsp3) is 0.304. The van der Waals surface area contributed by atoms with Crippen LogP contribution in [0, 0.1) is 5.82 Å². The van der Waals surface area contributed by atoms with Crippen LogP contribution in [0.25, 0.3) is 11.4 Å². The van der Waals surface area contributed by atoms with Crippen LogP contribution in [0.4, 0.5) is 15.9 Å². The number of rotatable bonds is 7. The van der Waals surface area contributed by atoms with Gasteiger partial charge >= 0.3 is 0 Å². The van der Waals surface area contributed by atoms with E-state index in [1.165, 1.54) is 24.4 Å². The lowest BCUT2D eigenvalue weighted by Crippen LogP contribution is -2.38. The Balaban J connectivity index is 1.69. The molecule has 0 radical (unpaired) electrons. The molecule has 0 spiro atoms. The first-order valence-electron chi connectivity index (χ1n) is 10.3. The number of aliphatic hydroxyl groups is 1. The minimum absolute atomic E-state index is 0.0825. The molecule has 0 bridgehead atoms. The molecule has 2 heterocycles. The van der Waals surface area contributed by atoms with Gasteiger partial charge < -0.3 is 15.7 Å². The highest BCUT2D eigenvalue weighted by Gasteiger charge is 2.28. The zero-order valence-corrected chi connectivity index (χ0v) is 18.4. The smallest absolute Gasteiger partial charge is 0.255 e. The molecule has 0 atom stereocenters. The molecule has 1 amide bonds. The molecule has 1 fully saturated rings. The lowest BCUT2D eigenvalue weighted by atomic mass is 10.1. The summed E-state index contributed by atoms with van der Waals surface area (Å²) < 4.78 is 14.4. The van der Waals surface area contributed by atoms with Crippen LogP contribution in [0.5, 0.6) is 0 Å². The first kappa shape index (κ1) is 22.1. The number of carbonyl (C=O) groups excluding carboxylic acids is 1. The number of benzene rings is 1. The fourth-order valence-corrected chi connectivity index (χ4v) is 3.36. The predicted molar refractivity (Wildman–Crippen MR) is 121 cm³/mol. The fourth-order valence-electron chi connectivity index (χ4n) is 3.19. The minimum Gasteiger partial charge on any atom is -0.389 e. The Hall–Kier alpha value is -3.10. The van der Waals surface area contributed by atoms with Crippen molar-refractivity contribution in [2.75, 3.05) is 11.9 Å². The number of halogens is 2. The molecule has 2 aromatic heterocycles. The number of nitrogens with zero attached hydrogens (tertiary/aromatic N) is 3. The first-order valence-corrected chi connectivity index (χ1v) is 10.6. The number of hydrogen-bond donors (Lipinski definition) is 3. The van der Waals surface area contributed by atoms with Gasteiger partial charge in [-0.05, 0) is 56.9 Å². The maximum atomic E-state index is 14.4. The molecule has 1 aliphatic carbocycles. The van der Waals surface area contributed by atoms with Crippen LogP contribution in [-0.4, -0.2) is 38.1 Å². The van der Waals surface area contributed by atoms with Crippen molar-refractivity contribution in [1.82, 2.24) is 20.3 Å². The van der Waals surface area contributed by atoms with Crippen LogP contribution >= 0.6 is 11.6 Å². The van der Waals surface area contributed by atoms with Gasteiger partial charge in [0.2, 0.25) is 0 Å². The number of amides is 1. The third-order valence-electron chi connectivity index (χ3n) is 5.00. The third-order valence-corrected chi connectivity index (χ3v) is 5.24. The highest BCUT2D eigenvalue weighted by molar-refractivity contribution is 6.30. The number of carbonyl (C=O) groups is 1. The summed E-state index contributed by atoms with van der Waals surface area (Å²) in [5.41, 5.74) is 0.836. The molecule has 7 nitrogen and oxygen atoms in total. The zero-order chi connectivity index (χ0) is 22.9. The standard InChI is InChI=1S/C23H23ClFN5O2/c1-23(2,32)12-28-22(31)17-10-26-8-7-19(17)29-21-16(13-3-4-13)11-27-20(30-21)15-9-14(24)5-6-18(15)25/h5-11,13,32H,3-4,12H2,1-2H3,(H,28,31)(H,26,27,29,30). The Morgan fingerprint density at radius 3 is 2.78 bits per heavy atom. The van der Waals surface area contributed by atoms with E-state index in [0.29, 0.717) is 28.0 Å². The van der Waals surface area contributed by atoms with Gasteiger partial charge in [-0.3, -0.25) is 9.78 Å². The van der Waals surface area contributed by atoms with E-state index < -0.39 is 11.4 Å². The maximum Gasteiger partial charge on any atom is 0.255 e. The van der Waals surface area contributed by atoms with E-state index in [-0.39, 0.29) is 23.8 Å². The summed E-state index contributed by atoms with van der Waals surface area (Å²) in [5.74, 6) is 0.143. The van der Waals surface area contributed by atoms with E-state index in [1.807, 2.05) is 0 Å². The average Bonchev–Trinajstić information content (AvgIpc) is 3.59. The van der Waals surface area contributed by atoms with Crippen molar-refractivity contribution in [3.8, 4) is 11.4 Å². The summed E-state index contributed by atoms with van der Waals surface area (Å²) in [6.07, 6.45) is 6.72. The molecule has 3 aromatic rings. The van der Waals surface area contributed by atoms with Crippen LogP contribution in [0.2, 0.25) is 5.02 Å². The first-order chi connectivity index (χ1) is 15.2. The van der Waals surface area contributed by atoms with Gasteiger partial charge in [0.1, 0.15) is 11.6 Å². The molecule has 9 heteroatoms. The SMILES string of the molecule is CC(C)(O)CNC(=O)c1cnccc1Nc1nc(-c2cc(Cl)ccc2F)ncc1C1CC1. The number of aromatic nitrogens is 3. The molecular weight excluding hydrogens is 433 g/mol. The maximum absolute atomic E-state index is 14.4. The monoisotopic (exact) mass is 455 g/mol. The third kappa shape index (κ3) is 5.20. The van der Waals surface area contributed by atoms with Crippen molar-refractivity contribution >= 4 is 29.0 Å². The van der Waals surface area contributed by atoms with Gasteiger partial charge in [0.05, 0.1) is 22.4 Å². The molecule has 166 valence electrons. The van der Waals surface area contributed by atoms with Crippen LogP contribution in [0.15, 0.2) is 42.9 Å². The van der Waals surface area contributed by atoms with Crippen molar-refractivity contribution in [2.24, 2.45) is 0 Å². The van der Waals surface area contributed by atoms with Crippen molar-refractivity contribution in [3.63, 3.8) is 0 Å². The quantitative estimate of drug-likeness (QED) is 0.486. The summed E-state index contributed by atoms with van der Waals surface area (Å²) in [5, 5.41) is 16.2. The average molecular weight is 456 g/mol. The van der Waals surface area contributed by atoms with Crippen LogP contribution < -0.4 is 10.6 Å². The Kier molecular flexibility index (Phi) is 6.08.